The monoisotopic (exact) mass is 289 g/mol. The van der Waals surface area contributed by atoms with Crippen LogP contribution in [0.15, 0.2) is 18.3 Å². The van der Waals surface area contributed by atoms with Crippen LogP contribution in [0.25, 0.3) is 0 Å². The molecule has 1 aliphatic carbocycles. The van der Waals surface area contributed by atoms with Crippen molar-refractivity contribution in [3.05, 3.63) is 18.3 Å². The lowest BCUT2D eigenvalue weighted by atomic mass is 9.80. The zero-order chi connectivity index (χ0) is 15.1. The van der Waals surface area contributed by atoms with Gasteiger partial charge in [-0.1, -0.05) is 12.5 Å². The molecule has 1 aromatic heterocycles. The van der Waals surface area contributed by atoms with Crippen molar-refractivity contribution in [2.24, 2.45) is 5.92 Å². The lowest BCUT2D eigenvalue weighted by molar-refractivity contribution is 0.00578. The molecule has 2 aliphatic rings. The minimum atomic E-state index is -0.358. The fraction of sp³-hybridized carbons (Fsp3) is 0.688. The third-order valence-corrected chi connectivity index (χ3v) is 4.98. The molecule has 114 valence electrons. The minimum absolute atomic E-state index is 0.322. The fourth-order valence-electron chi connectivity index (χ4n) is 2.46. The number of hydrogen-bond donors (Lipinski definition) is 0. The van der Waals surface area contributed by atoms with Crippen LogP contribution in [-0.4, -0.2) is 29.9 Å². The van der Waals surface area contributed by atoms with Crippen LogP contribution in [0.2, 0.25) is 0 Å². The first kappa shape index (κ1) is 14.9. The highest BCUT2D eigenvalue weighted by molar-refractivity contribution is 6.62. The van der Waals surface area contributed by atoms with Gasteiger partial charge in [-0.3, -0.25) is 0 Å². The standard InChI is InChI=1S/C16H24BNO3/c1-15(2)16(3,4)21-17(20-15)13-8-9-14(18-10-13)19-11-12-6-5-7-12/h8-10,12H,5-7,11H2,1-4H3. The largest absolute Gasteiger partial charge is 0.496 e. The molecule has 1 aliphatic heterocycles. The Morgan fingerprint density at radius 3 is 2.33 bits per heavy atom. The molecule has 21 heavy (non-hydrogen) atoms. The summed E-state index contributed by atoms with van der Waals surface area (Å²) in [6.45, 7) is 8.99. The molecule has 1 saturated carbocycles. The van der Waals surface area contributed by atoms with Gasteiger partial charge in [-0.25, -0.2) is 4.98 Å². The van der Waals surface area contributed by atoms with Gasteiger partial charge in [0.2, 0.25) is 5.88 Å². The van der Waals surface area contributed by atoms with Gasteiger partial charge >= 0.3 is 7.12 Å². The summed E-state index contributed by atoms with van der Waals surface area (Å²) in [6, 6.07) is 3.88. The Hall–Kier alpha value is -1.07. The van der Waals surface area contributed by atoms with Gasteiger partial charge in [-0.15, -0.1) is 0 Å². The molecule has 5 heteroatoms. The van der Waals surface area contributed by atoms with Gasteiger partial charge in [-0.2, -0.15) is 0 Å². The second kappa shape index (κ2) is 5.29. The molecule has 2 heterocycles. The fourth-order valence-corrected chi connectivity index (χ4v) is 2.46. The average Bonchev–Trinajstić information content (AvgIpc) is 2.57. The Labute approximate surface area is 127 Å². The van der Waals surface area contributed by atoms with Crippen LogP contribution in [0.3, 0.4) is 0 Å². The average molecular weight is 289 g/mol. The van der Waals surface area contributed by atoms with E-state index in [1.165, 1.54) is 19.3 Å². The lowest BCUT2D eigenvalue weighted by Gasteiger charge is -2.32. The maximum atomic E-state index is 6.01. The second-order valence-corrected chi connectivity index (χ2v) is 7.13. The summed E-state index contributed by atoms with van der Waals surface area (Å²) >= 11 is 0. The first-order chi connectivity index (χ1) is 9.87. The van der Waals surface area contributed by atoms with E-state index in [1.807, 2.05) is 12.1 Å². The minimum Gasteiger partial charge on any atom is -0.477 e. The van der Waals surface area contributed by atoms with Gasteiger partial charge in [0.25, 0.3) is 0 Å². The van der Waals surface area contributed by atoms with Crippen molar-refractivity contribution in [1.82, 2.24) is 4.98 Å². The van der Waals surface area contributed by atoms with E-state index in [2.05, 4.69) is 32.7 Å². The summed E-state index contributed by atoms with van der Waals surface area (Å²) in [5.74, 6) is 1.40. The molecule has 0 N–H and O–H groups in total. The molecule has 0 atom stereocenters. The van der Waals surface area contributed by atoms with Crippen LogP contribution in [0.5, 0.6) is 5.88 Å². The first-order valence-corrected chi connectivity index (χ1v) is 7.82. The van der Waals surface area contributed by atoms with E-state index in [0.29, 0.717) is 5.88 Å². The molecule has 0 unspecified atom stereocenters. The van der Waals surface area contributed by atoms with Gasteiger partial charge in [0, 0.05) is 11.7 Å². The van der Waals surface area contributed by atoms with Gasteiger partial charge in [0.1, 0.15) is 0 Å². The SMILES string of the molecule is CC1(C)OB(c2ccc(OCC3CCC3)nc2)OC1(C)C. The molecular formula is C16H24BNO3. The highest BCUT2D eigenvalue weighted by Crippen LogP contribution is 2.36. The van der Waals surface area contributed by atoms with Crippen LogP contribution in [0.1, 0.15) is 47.0 Å². The zero-order valence-electron chi connectivity index (χ0n) is 13.4. The maximum absolute atomic E-state index is 6.01. The molecule has 4 nitrogen and oxygen atoms in total. The zero-order valence-corrected chi connectivity index (χ0v) is 13.4. The van der Waals surface area contributed by atoms with Crippen molar-refractivity contribution < 1.29 is 14.0 Å². The van der Waals surface area contributed by atoms with Gasteiger partial charge in [0.15, 0.2) is 0 Å². The Kier molecular flexibility index (Phi) is 3.74. The van der Waals surface area contributed by atoms with Crippen LogP contribution in [0.4, 0.5) is 0 Å². The molecule has 0 aromatic carbocycles. The van der Waals surface area contributed by atoms with E-state index in [-0.39, 0.29) is 18.3 Å². The molecule has 1 saturated heterocycles. The van der Waals surface area contributed by atoms with Gasteiger partial charge in [0.05, 0.1) is 17.8 Å². The van der Waals surface area contributed by atoms with Gasteiger partial charge in [-0.05, 0) is 52.5 Å². The smallest absolute Gasteiger partial charge is 0.477 e. The van der Waals surface area contributed by atoms with E-state index in [9.17, 15) is 0 Å². The Morgan fingerprint density at radius 2 is 1.86 bits per heavy atom. The summed E-state index contributed by atoms with van der Waals surface area (Å²) < 4.78 is 17.7. The van der Waals surface area contributed by atoms with E-state index >= 15 is 0 Å². The molecule has 0 bridgehead atoms. The number of nitrogens with zero attached hydrogens (tertiary/aromatic N) is 1. The first-order valence-electron chi connectivity index (χ1n) is 7.82. The normalized spacial score (nSPS) is 23.9. The Morgan fingerprint density at radius 1 is 1.19 bits per heavy atom. The van der Waals surface area contributed by atoms with Crippen LogP contribution in [-0.2, 0) is 9.31 Å². The summed E-state index contributed by atoms with van der Waals surface area (Å²) in [4.78, 5) is 4.37. The molecule has 2 fully saturated rings. The topological polar surface area (TPSA) is 40.6 Å². The molecule has 3 rings (SSSR count). The summed E-state index contributed by atoms with van der Waals surface area (Å²) in [7, 11) is -0.358. The third kappa shape index (κ3) is 2.95. The Balaban J connectivity index is 1.62. The number of pyridine rings is 1. The quantitative estimate of drug-likeness (QED) is 0.799. The van der Waals surface area contributed by atoms with E-state index in [1.54, 1.807) is 6.20 Å². The number of rotatable bonds is 4. The van der Waals surface area contributed by atoms with Crippen molar-refractivity contribution >= 4 is 12.6 Å². The number of hydrogen-bond acceptors (Lipinski definition) is 4. The highest BCUT2D eigenvalue weighted by Gasteiger charge is 2.51. The molecule has 0 spiro atoms. The van der Waals surface area contributed by atoms with Crippen LogP contribution in [0, 0.1) is 5.92 Å². The lowest BCUT2D eigenvalue weighted by Crippen LogP contribution is -2.41. The predicted molar refractivity (Wildman–Crippen MR) is 82.8 cm³/mol. The van der Waals surface area contributed by atoms with Crippen molar-refractivity contribution in [3.8, 4) is 5.88 Å². The predicted octanol–water partition coefficient (Wildman–Crippen LogP) is 2.56. The van der Waals surface area contributed by atoms with E-state index in [0.717, 1.165) is 18.0 Å². The molecular weight excluding hydrogens is 265 g/mol. The molecule has 0 amide bonds. The summed E-state index contributed by atoms with van der Waals surface area (Å²) in [5.41, 5.74) is 0.290. The summed E-state index contributed by atoms with van der Waals surface area (Å²) in [6.07, 6.45) is 5.69. The van der Waals surface area contributed by atoms with E-state index in [4.69, 9.17) is 14.0 Å². The summed E-state index contributed by atoms with van der Waals surface area (Å²) in [5, 5.41) is 0. The maximum Gasteiger partial charge on any atom is 0.496 e. The van der Waals surface area contributed by atoms with Crippen molar-refractivity contribution in [3.63, 3.8) is 0 Å². The van der Waals surface area contributed by atoms with E-state index < -0.39 is 0 Å². The molecule has 0 radical (unpaired) electrons. The Bertz CT molecular complexity index is 481. The van der Waals surface area contributed by atoms with Crippen molar-refractivity contribution in [1.29, 1.82) is 0 Å². The van der Waals surface area contributed by atoms with Crippen LogP contribution >= 0.6 is 0 Å². The van der Waals surface area contributed by atoms with Crippen molar-refractivity contribution in [2.75, 3.05) is 6.61 Å². The number of ether oxygens (including phenoxy) is 1. The number of aromatic nitrogens is 1. The second-order valence-electron chi connectivity index (χ2n) is 7.13. The van der Waals surface area contributed by atoms with Crippen LogP contribution < -0.4 is 10.2 Å². The highest BCUT2D eigenvalue weighted by atomic mass is 16.7. The molecule has 1 aromatic rings. The van der Waals surface area contributed by atoms with Crippen molar-refractivity contribution in [2.45, 2.75) is 58.2 Å². The van der Waals surface area contributed by atoms with Gasteiger partial charge < -0.3 is 14.0 Å². The third-order valence-electron chi connectivity index (χ3n) is 4.98.